The number of halogens is 2. The molecule has 0 aliphatic rings. The van der Waals surface area contributed by atoms with E-state index in [1.54, 1.807) is 13.2 Å². The maximum atomic E-state index is 14.3. The lowest BCUT2D eigenvalue weighted by Gasteiger charge is -2.19. The molecule has 4 rings (SSSR count). The normalized spacial score (nSPS) is 11.0. The summed E-state index contributed by atoms with van der Waals surface area (Å²) in [6, 6.07) is 18.4. The average molecular weight is 520 g/mol. The molecule has 0 saturated carbocycles. The molecule has 38 heavy (non-hydrogen) atoms. The summed E-state index contributed by atoms with van der Waals surface area (Å²) >= 11 is 0. The van der Waals surface area contributed by atoms with Crippen molar-refractivity contribution in [3.63, 3.8) is 0 Å². The molecule has 0 aliphatic carbocycles. The Balaban J connectivity index is 1.75. The van der Waals surface area contributed by atoms with E-state index in [4.69, 9.17) is 15.2 Å². The van der Waals surface area contributed by atoms with Crippen molar-refractivity contribution in [2.45, 2.75) is 13.8 Å². The van der Waals surface area contributed by atoms with Crippen molar-refractivity contribution in [1.82, 2.24) is 14.9 Å². The Morgan fingerprint density at radius 1 is 0.895 bits per heavy atom. The van der Waals surface area contributed by atoms with Crippen LogP contribution in [0, 0.1) is 11.6 Å². The van der Waals surface area contributed by atoms with E-state index in [9.17, 15) is 8.78 Å². The zero-order chi connectivity index (χ0) is 27.1. The van der Waals surface area contributed by atoms with E-state index in [1.165, 1.54) is 6.07 Å². The van der Waals surface area contributed by atoms with Gasteiger partial charge in [0.25, 0.3) is 0 Å². The highest BCUT2D eigenvalue weighted by Crippen LogP contribution is 2.39. The summed E-state index contributed by atoms with van der Waals surface area (Å²) in [7, 11) is 1.56. The predicted molar refractivity (Wildman–Crippen MR) is 147 cm³/mol. The van der Waals surface area contributed by atoms with Crippen LogP contribution in [-0.2, 0) is 0 Å². The van der Waals surface area contributed by atoms with Gasteiger partial charge in [-0.05, 0) is 67.2 Å². The highest BCUT2D eigenvalue weighted by Gasteiger charge is 2.20. The molecule has 3 aromatic carbocycles. The highest BCUT2D eigenvalue weighted by molar-refractivity contribution is 5.91. The fourth-order valence-electron chi connectivity index (χ4n) is 4.12. The van der Waals surface area contributed by atoms with Crippen LogP contribution in [0.4, 0.5) is 26.2 Å². The largest absolute Gasteiger partial charge is 0.495 e. The van der Waals surface area contributed by atoms with Gasteiger partial charge >= 0.3 is 0 Å². The minimum Gasteiger partial charge on any atom is -0.495 e. The van der Waals surface area contributed by atoms with E-state index in [1.807, 2.05) is 42.5 Å². The van der Waals surface area contributed by atoms with E-state index < -0.39 is 11.6 Å². The van der Waals surface area contributed by atoms with Gasteiger partial charge in [0.05, 0.1) is 24.1 Å². The lowest BCUT2D eigenvalue weighted by molar-refractivity contribution is 0.223. The quantitative estimate of drug-likeness (QED) is 0.246. The Hall–Kier alpha value is -4.24. The summed E-state index contributed by atoms with van der Waals surface area (Å²) in [6.07, 6.45) is 0. The molecule has 0 spiro atoms. The molecule has 7 nitrogen and oxygen atoms in total. The van der Waals surface area contributed by atoms with Crippen molar-refractivity contribution in [2.24, 2.45) is 0 Å². The van der Waals surface area contributed by atoms with Gasteiger partial charge in [-0.25, -0.2) is 13.8 Å². The number of anilines is 3. The first-order valence-corrected chi connectivity index (χ1v) is 12.4. The maximum Gasteiger partial charge on any atom is 0.222 e. The Kier molecular flexibility index (Phi) is 8.70. The van der Waals surface area contributed by atoms with Crippen molar-refractivity contribution in [3.05, 3.63) is 78.4 Å². The summed E-state index contributed by atoms with van der Waals surface area (Å²) in [5, 5.41) is 3.23. The number of aromatic nitrogens is 2. The Morgan fingerprint density at radius 2 is 1.61 bits per heavy atom. The van der Waals surface area contributed by atoms with Crippen LogP contribution in [-0.4, -0.2) is 48.2 Å². The lowest BCUT2D eigenvalue weighted by Crippen LogP contribution is -2.27. The van der Waals surface area contributed by atoms with Crippen LogP contribution in [0.15, 0.2) is 66.7 Å². The fraction of sp³-hybridized carbons (Fsp3) is 0.241. The fourth-order valence-corrected chi connectivity index (χ4v) is 4.12. The number of methoxy groups -OCH3 is 1. The van der Waals surface area contributed by atoms with E-state index >= 15 is 0 Å². The molecule has 0 bridgehead atoms. The monoisotopic (exact) mass is 519 g/mol. The number of rotatable bonds is 11. The Morgan fingerprint density at radius 3 is 2.29 bits per heavy atom. The highest BCUT2D eigenvalue weighted by atomic mass is 19.2. The van der Waals surface area contributed by atoms with Gasteiger partial charge in [-0.15, -0.1) is 0 Å². The summed E-state index contributed by atoms with van der Waals surface area (Å²) in [4.78, 5) is 11.2. The minimum atomic E-state index is -0.981. The molecule has 4 aromatic rings. The first kappa shape index (κ1) is 26.8. The van der Waals surface area contributed by atoms with Crippen molar-refractivity contribution in [2.75, 3.05) is 44.4 Å². The molecule has 0 radical (unpaired) electrons. The third-order valence-corrected chi connectivity index (χ3v) is 6.19. The number of ether oxygens (including phenoxy) is 2. The van der Waals surface area contributed by atoms with Gasteiger partial charge in [0, 0.05) is 12.1 Å². The number of para-hydroxylation sites is 2. The number of nitrogens with zero attached hydrogens (tertiary/aromatic N) is 3. The van der Waals surface area contributed by atoms with Crippen LogP contribution < -0.4 is 20.5 Å². The number of hydrogen-bond acceptors (Lipinski definition) is 7. The zero-order valence-corrected chi connectivity index (χ0v) is 21.7. The van der Waals surface area contributed by atoms with Crippen molar-refractivity contribution in [1.29, 1.82) is 0 Å². The van der Waals surface area contributed by atoms with Gasteiger partial charge in [0.15, 0.2) is 11.6 Å². The van der Waals surface area contributed by atoms with Crippen LogP contribution in [0.3, 0.4) is 0 Å². The van der Waals surface area contributed by atoms with Gasteiger partial charge in [-0.2, -0.15) is 4.98 Å². The molecule has 198 valence electrons. The van der Waals surface area contributed by atoms with Crippen molar-refractivity contribution < 1.29 is 18.3 Å². The minimum absolute atomic E-state index is 0.0169. The molecule has 0 atom stereocenters. The number of likely N-dealkylation sites (N-methyl/N-ethyl adjacent to an activating group) is 1. The van der Waals surface area contributed by atoms with Crippen LogP contribution in [0.5, 0.6) is 11.5 Å². The molecule has 0 amide bonds. The Labute approximate surface area is 221 Å². The van der Waals surface area contributed by atoms with Gasteiger partial charge in [0.1, 0.15) is 23.9 Å². The molecule has 0 aliphatic heterocycles. The van der Waals surface area contributed by atoms with E-state index in [0.29, 0.717) is 52.0 Å². The molecule has 0 unspecified atom stereocenters. The average Bonchev–Trinajstić information content (AvgIpc) is 2.93. The summed E-state index contributed by atoms with van der Waals surface area (Å²) in [6.45, 7) is 7.56. The summed E-state index contributed by atoms with van der Waals surface area (Å²) in [5.74, 6) is -0.299. The third-order valence-electron chi connectivity index (χ3n) is 6.19. The van der Waals surface area contributed by atoms with Crippen LogP contribution in [0.25, 0.3) is 22.4 Å². The number of hydrogen-bond donors (Lipinski definition) is 2. The second-order valence-corrected chi connectivity index (χ2v) is 8.51. The van der Waals surface area contributed by atoms with E-state index in [-0.39, 0.29) is 5.95 Å². The second-order valence-electron chi connectivity index (χ2n) is 8.51. The summed E-state index contributed by atoms with van der Waals surface area (Å²) in [5.41, 5.74) is 8.74. The van der Waals surface area contributed by atoms with Gasteiger partial charge < -0.3 is 25.4 Å². The van der Waals surface area contributed by atoms with Crippen molar-refractivity contribution in [3.8, 4) is 33.9 Å². The lowest BCUT2D eigenvalue weighted by atomic mass is 9.99. The number of nitrogens with one attached hydrogen (secondary N) is 1. The maximum absolute atomic E-state index is 14.3. The zero-order valence-electron chi connectivity index (χ0n) is 21.7. The first-order chi connectivity index (χ1) is 18.4. The van der Waals surface area contributed by atoms with E-state index in [2.05, 4.69) is 34.0 Å². The number of benzene rings is 3. The first-order valence-electron chi connectivity index (χ1n) is 12.4. The third kappa shape index (κ3) is 6.18. The molecule has 0 fully saturated rings. The smallest absolute Gasteiger partial charge is 0.222 e. The van der Waals surface area contributed by atoms with Crippen LogP contribution >= 0.6 is 0 Å². The Bertz CT molecular complexity index is 1380. The van der Waals surface area contributed by atoms with Gasteiger partial charge in [0.2, 0.25) is 5.95 Å². The van der Waals surface area contributed by atoms with E-state index in [0.717, 1.165) is 31.8 Å². The molecule has 3 N–H and O–H groups in total. The topological polar surface area (TPSA) is 85.5 Å². The van der Waals surface area contributed by atoms with Gasteiger partial charge in [-0.1, -0.05) is 32.0 Å². The summed E-state index contributed by atoms with van der Waals surface area (Å²) < 4.78 is 39.5. The molecule has 0 saturated heterocycles. The van der Waals surface area contributed by atoms with Gasteiger partial charge in [-0.3, -0.25) is 0 Å². The number of nitrogen functional groups attached to an aromatic ring is 1. The standard InChI is InChI=1S/C29H31F2N5O2/c1-4-36(5-2)16-17-38-21-13-10-19(11-14-21)27-26(20-12-15-22(30)23(31)18-20)28(35-29(32)34-27)33-24-8-6-7-9-25(24)37-3/h6-15,18H,4-5,16-17H2,1-3H3,(H3,32,33,34,35). The SMILES string of the molecule is CCN(CC)CCOc1ccc(-c2nc(N)nc(Nc3ccccc3OC)c2-c2ccc(F)c(F)c2)cc1. The molecular formula is C29H31F2N5O2. The molecule has 1 heterocycles. The molecule has 1 aromatic heterocycles. The number of nitrogens with two attached hydrogens (primary N) is 1. The molecule has 9 heteroatoms. The molecular weight excluding hydrogens is 488 g/mol. The second kappa shape index (κ2) is 12.3. The van der Waals surface area contributed by atoms with Crippen LogP contribution in [0.2, 0.25) is 0 Å². The van der Waals surface area contributed by atoms with Crippen LogP contribution in [0.1, 0.15) is 13.8 Å². The van der Waals surface area contributed by atoms with Crippen molar-refractivity contribution >= 4 is 17.5 Å². The predicted octanol–water partition coefficient (Wildman–Crippen LogP) is 6.14.